The highest BCUT2D eigenvalue weighted by Crippen LogP contribution is 2.31. The molecule has 7 heteroatoms. The highest BCUT2D eigenvalue weighted by Gasteiger charge is 2.31. The average molecular weight is 310 g/mol. The van der Waals surface area contributed by atoms with Crippen LogP contribution in [-0.2, 0) is 17.5 Å². The Bertz CT molecular complexity index is 489. The lowest BCUT2D eigenvalue weighted by Gasteiger charge is -2.18. The first-order chi connectivity index (χ1) is 9.11. The van der Waals surface area contributed by atoms with Crippen LogP contribution in [0.1, 0.15) is 25.0 Å². The van der Waals surface area contributed by atoms with E-state index in [1.807, 2.05) is 0 Å². The van der Waals surface area contributed by atoms with E-state index in [1.165, 1.54) is 6.07 Å². The largest absolute Gasteiger partial charge is 0.480 e. The van der Waals surface area contributed by atoms with Crippen molar-refractivity contribution in [3.63, 3.8) is 0 Å². The second-order valence-electron chi connectivity index (χ2n) is 4.79. The monoisotopic (exact) mass is 309 g/mol. The van der Waals surface area contributed by atoms with Crippen molar-refractivity contribution in [1.29, 1.82) is 0 Å². The van der Waals surface area contributed by atoms with Crippen LogP contribution in [0.3, 0.4) is 0 Å². The van der Waals surface area contributed by atoms with E-state index in [1.54, 1.807) is 13.8 Å². The number of hydrogen-bond acceptors (Lipinski definition) is 2. The van der Waals surface area contributed by atoms with E-state index in [0.717, 1.165) is 12.1 Å². The minimum absolute atomic E-state index is 0.00120. The average Bonchev–Trinajstić information content (AvgIpc) is 2.26. The molecule has 0 heterocycles. The zero-order valence-electron chi connectivity index (χ0n) is 11.0. The van der Waals surface area contributed by atoms with Crippen LogP contribution >= 0.6 is 11.6 Å². The van der Waals surface area contributed by atoms with Crippen molar-refractivity contribution >= 4 is 17.6 Å². The molecule has 0 radical (unpaired) electrons. The first kappa shape index (κ1) is 16.8. The Morgan fingerprint density at radius 2 is 1.95 bits per heavy atom. The Morgan fingerprint density at radius 1 is 1.35 bits per heavy atom. The van der Waals surface area contributed by atoms with Gasteiger partial charge in [0, 0.05) is 11.6 Å². The van der Waals surface area contributed by atoms with Gasteiger partial charge in [0.15, 0.2) is 0 Å². The third-order valence-electron chi connectivity index (χ3n) is 2.74. The lowest BCUT2D eigenvalue weighted by atomic mass is 10.0. The van der Waals surface area contributed by atoms with Gasteiger partial charge in [-0.15, -0.1) is 0 Å². The van der Waals surface area contributed by atoms with E-state index in [4.69, 9.17) is 16.7 Å². The summed E-state index contributed by atoms with van der Waals surface area (Å²) in [6.07, 6.45) is -4.48. The van der Waals surface area contributed by atoms with Crippen LogP contribution in [0.5, 0.6) is 0 Å². The molecule has 0 amide bonds. The van der Waals surface area contributed by atoms with Crippen molar-refractivity contribution in [3.8, 4) is 0 Å². The lowest BCUT2D eigenvalue weighted by Crippen LogP contribution is -2.40. The van der Waals surface area contributed by atoms with Gasteiger partial charge in [0.2, 0.25) is 0 Å². The van der Waals surface area contributed by atoms with Crippen molar-refractivity contribution in [2.24, 2.45) is 5.92 Å². The molecule has 0 spiro atoms. The molecule has 112 valence electrons. The molecule has 3 nitrogen and oxygen atoms in total. The summed E-state index contributed by atoms with van der Waals surface area (Å²) in [4.78, 5) is 11.0. The molecule has 1 aromatic rings. The smallest absolute Gasteiger partial charge is 0.416 e. The zero-order chi connectivity index (χ0) is 15.5. The maximum atomic E-state index is 12.6. The van der Waals surface area contributed by atoms with Crippen LogP contribution in [-0.4, -0.2) is 17.1 Å². The van der Waals surface area contributed by atoms with Crippen molar-refractivity contribution in [2.75, 3.05) is 0 Å². The molecule has 1 aromatic carbocycles. The Morgan fingerprint density at radius 3 is 2.40 bits per heavy atom. The highest BCUT2D eigenvalue weighted by atomic mass is 35.5. The molecule has 0 aromatic heterocycles. The van der Waals surface area contributed by atoms with E-state index < -0.39 is 23.8 Å². The van der Waals surface area contributed by atoms with Crippen LogP contribution < -0.4 is 5.32 Å². The summed E-state index contributed by atoms with van der Waals surface area (Å²) in [5.41, 5.74) is -0.560. The minimum Gasteiger partial charge on any atom is -0.480 e. The normalized spacial score (nSPS) is 13.6. The van der Waals surface area contributed by atoms with E-state index in [-0.39, 0.29) is 23.0 Å². The maximum absolute atomic E-state index is 12.6. The molecule has 0 aliphatic rings. The maximum Gasteiger partial charge on any atom is 0.416 e. The van der Waals surface area contributed by atoms with E-state index in [2.05, 4.69) is 5.32 Å². The standard InChI is InChI=1S/C13H15ClF3NO2/c1-7(2)11(12(19)20)18-6-8-3-9(13(15,16)17)5-10(14)4-8/h3-5,7,11,18H,6H2,1-2H3,(H,19,20)/t11-/m0/s1. The third kappa shape index (κ3) is 4.68. The number of carbonyl (C=O) groups is 1. The first-order valence-electron chi connectivity index (χ1n) is 5.94. The Balaban J connectivity index is 2.88. The molecule has 0 aliphatic carbocycles. The summed E-state index contributed by atoms with van der Waals surface area (Å²) in [6.45, 7) is 3.43. The molecular formula is C13H15ClF3NO2. The number of benzene rings is 1. The van der Waals surface area contributed by atoms with E-state index in [0.29, 0.717) is 0 Å². The van der Waals surface area contributed by atoms with Crippen LogP contribution in [0.15, 0.2) is 18.2 Å². The van der Waals surface area contributed by atoms with Gasteiger partial charge < -0.3 is 10.4 Å². The third-order valence-corrected chi connectivity index (χ3v) is 2.96. The van der Waals surface area contributed by atoms with Gasteiger partial charge in [-0.05, 0) is 29.7 Å². The second-order valence-corrected chi connectivity index (χ2v) is 5.22. The van der Waals surface area contributed by atoms with Crippen molar-refractivity contribution in [3.05, 3.63) is 34.3 Å². The molecule has 0 fully saturated rings. The number of carboxylic acid groups (broad SMARTS) is 1. The number of rotatable bonds is 5. The lowest BCUT2D eigenvalue weighted by molar-refractivity contribution is -0.141. The van der Waals surface area contributed by atoms with Gasteiger partial charge in [0.1, 0.15) is 6.04 Å². The first-order valence-corrected chi connectivity index (χ1v) is 6.32. The van der Waals surface area contributed by atoms with Crippen LogP contribution in [0.2, 0.25) is 5.02 Å². The number of halogens is 4. The van der Waals surface area contributed by atoms with E-state index >= 15 is 0 Å². The summed E-state index contributed by atoms with van der Waals surface area (Å²) in [6, 6.07) is 2.34. The fourth-order valence-corrected chi connectivity index (χ4v) is 2.01. The van der Waals surface area contributed by atoms with Gasteiger partial charge in [0.05, 0.1) is 5.56 Å². The molecule has 2 N–H and O–H groups in total. The fraction of sp³-hybridized carbons (Fsp3) is 0.462. The summed E-state index contributed by atoms with van der Waals surface area (Å²) < 4.78 is 37.9. The molecule has 0 saturated carbocycles. The molecule has 0 saturated heterocycles. The summed E-state index contributed by atoms with van der Waals surface area (Å²) in [7, 11) is 0. The summed E-state index contributed by atoms with van der Waals surface area (Å²) in [5.74, 6) is -1.23. The van der Waals surface area contributed by atoms with Crippen LogP contribution in [0, 0.1) is 5.92 Å². The molecular weight excluding hydrogens is 295 g/mol. The predicted molar refractivity (Wildman–Crippen MR) is 69.6 cm³/mol. The Hall–Kier alpha value is -1.27. The number of alkyl halides is 3. The molecule has 20 heavy (non-hydrogen) atoms. The molecule has 0 bridgehead atoms. The van der Waals surface area contributed by atoms with Gasteiger partial charge in [-0.2, -0.15) is 13.2 Å². The fourth-order valence-electron chi connectivity index (χ4n) is 1.75. The SMILES string of the molecule is CC(C)[C@H](NCc1cc(Cl)cc(C(F)(F)F)c1)C(=O)O. The predicted octanol–water partition coefficient (Wildman–Crippen LogP) is 3.56. The molecule has 1 rings (SSSR count). The second kappa shape index (κ2) is 6.45. The van der Waals surface area contributed by atoms with Crippen LogP contribution in [0.4, 0.5) is 13.2 Å². The zero-order valence-corrected chi connectivity index (χ0v) is 11.7. The topological polar surface area (TPSA) is 49.3 Å². The van der Waals surface area contributed by atoms with E-state index in [9.17, 15) is 18.0 Å². The minimum atomic E-state index is -4.48. The van der Waals surface area contributed by atoms with Crippen molar-refractivity contribution in [2.45, 2.75) is 32.6 Å². The summed E-state index contributed by atoms with van der Waals surface area (Å²) >= 11 is 5.65. The van der Waals surface area contributed by atoms with Crippen molar-refractivity contribution in [1.82, 2.24) is 5.32 Å². The quantitative estimate of drug-likeness (QED) is 0.874. The Kier molecular flexibility index (Phi) is 5.42. The number of nitrogens with one attached hydrogen (secondary N) is 1. The molecule has 1 atom stereocenters. The van der Waals surface area contributed by atoms with Gasteiger partial charge >= 0.3 is 12.1 Å². The molecule has 0 unspecified atom stereocenters. The van der Waals surface area contributed by atoms with Gasteiger partial charge in [0.25, 0.3) is 0 Å². The van der Waals surface area contributed by atoms with Gasteiger partial charge in [-0.1, -0.05) is 25.4 Å². The van der Waals surface area contributed by atoms with Crippen LogP contribution in [0.25, 0.3) is 0 Å². The Labute approximate surface area is 119 Å². The number of hydrogen-bond donors (Lipinski definition) is 2. The van der Waals surface area contributed by atoms with Gasteiger partial charge in [-0.25, -0.2) is 0 Å². The highest BCUT2D eigenvalue weighted by molar-refractivity contribution is 6.30. The molecule has 0 aliphatic heterocycles. The number of carboxylic acids is 1. The summed E-state index contributed by atoms with van der Waals surface area (Å²) in [5, 5.41) is 11.7. The number of aliphatic carboxylic acids is 1. The van der Waals surface area contributed by atoms with Gasteiger partial charge in [-0.3, -0.25) is 4.79 Å². The van der Waals surface area contributed by atoms with Crippen molar-refractivity contribution < 1.29 is 23.1 Å².